The highest BCUT2D eigenvalue weighted by Gasteiger charge is 2.26. The molecule has 0 unspecified atom stereocenters. The number of carbonyl (C=O) groups is 2. The van der Waals surface area contributed by atoms with Crippen LogP contribution in [0.2, 0.25) is 0 Å². The Morgan fingerprint density at radius 1 is 1.03 bits per heavy atom. The second kappa shape index (κ2) is 10.2. The summed E-state index contributed by atoms with van der Waals surface area (Å²) in [5, 5.41) is 0. The average Bonchev–Trinajstić information content (AvgIpc) is 2.77. The Morgan fingerprint density at radius 3 is 2.40 bits per heavy atom. The molecule has 0 aliphatic carbocycles. The van der Waals surface area contributed by atoms with Gasteiger partial charge in [0.2, 0.25) is 15.9 Å². The van der Waals surface area contributed by atoms with E-state index >= 15 is 0 Å². The molecule has 1 aliphatic rings. The van der Waals surface area contributed by atoms with Crippen LogP contribution in [-0.2, 0) is 26.0 Å². The van der Waals surface area contributed by atoms with Gasteiger partial charge in [-0.05, 0) is 42.3 Å². The topological polar surface area (TPSA) is 105 Å². The lowest BCUT2D eigenvalue weighted by atomic mass is 10.1. The number of benzene rings is 2. The molecule has 0 atom stereocenters. The van der Waals surface area contributed by atoms with Crippen molar-refractivity contribution in [3.8, 4) is 0 Å². The predicted molar refractivity (Wildman–Crippen MR) is 114 cm³/mol. The number of hydrogen-bond acceptors (Lipinski definition) is 5. The lowest BCUT2D eigenvalue weighted by Gasteiger charge is -2.26. The van der Waals surface area contributed by atoms with E-state index < -0.39 is 15.9 Å². The molecule has 0 radical (unpaired) electrons. The molecule has 1 heterocycles. The number of amides is 2. The van der Waals surface area contributed by atoms with Crippen molar-refractivity contribution in [1.29, 1.82) is 0 Å². The van der Waals surface area contributed by atoms with Crippen molar-refractivity contribution < 1.29 is 22.7 Å². The summed E-state index contributed by atoms with van der Waals surface area (Å²) >= 11 is 3.29. The Balaban J connectivity index is 1.48. The van der Waals surface area contributed by atoms with Gasteiger partial charge in [0.15, 0.2) is 0 Å². The minimum absolute atomic E-state index is 0.147. The van der Waals surface area contributed by atoms with E-state index in [9.17, 15) is 18.0 Å². The lowest BCUT2D eigenvalue weighted by Crippen LogP contribution is -2.41. The van der Waals surface area contributed by atoms with Crippen molar-refractivity contribution in [2.75, 3.05) is 26.3 Å². The number of nitrogens with zero attached hydrogens (tertiary/aromatic N) is 1. The molecule has 0 spiro atoms. The van der Waals surface area contributed by atoms with E-state index in [1.807, 2.05) is 0 Å². The first-order chi connectivity index (χ1) is 14.4. The third kappa shape index (κ3) is 5.88. The summed E-state index contributed by atoms with van der Waals surface area (Å²) < 4.78 is 32.6. The maximum atomic E-state index is 12.6. The Bertz CT molecular complexity index is 1010. The van der Waals surface area contributed by atoms with Crippen molar-refractivity contribution in [1.82, 2.24) is 15.2 Å². The number of carbonyl (C=O) groups excluding carboxylic acids is 2. The van der Waals surface area contributed by atoms with Crippen LogP contribution in [0, 0.1) is 0 Å². The highest BCUT2D eigenvalue weighted by Crippen LogP contribution is 2.18. The van der Waals surface area contributed by atoms with E-state index in [1.54, 1.807) is 48.5 Å². The summed E-state index contributed by atoms with van der Waals surface area (Å²) in [4.78, 5) is 24.2. The molecule has 0 aromatic heterocycles. The first kappa shape index (κ1) is 22.4. The number of rotatable bonds is 6. The highest BCUT2D eigenvalue weighted by molar-refractivity contribution is 9.10. The Hall–Kier alpha value is -2.27. The molecule has 2 aromatic rings. The van der Waals surface area contributed by atoms with Gasteiger partial charge in [0.05, 0.1) is 18.1 Å². The zero-order chi connectivity index (χ0) is 21.6. The molecule has 3 rings (SSSR count). The van der Waals surface area contributed by atoms with Crippen LogP contribution in [-0.4, -0.2) is 50.8 Å². The Morgan fingerprint density at radius 2 is 1.73 bits per heavy atom. The highest BCUT2D eigenvalue weighted by atomic mass is 79.9. The molecule has 0 saturated carbocycles. The zero-order valence-electron chi connectivity index (χ0n) is 16.1. The van der Waals surface area contributed by atoms with E-state index in [4.69, 9.17) is 4.74 Å². The first-order valence-electron chi connectivity index (χ1n) is 9.38. The largest absolute Gasteiger partial charge is 0.379 e. The van der Waals surface area contributed by atoms with Crippen LogP contribution in [0.25, 0.3) is 0 Å². The van der Waals surface area contributed by atoms with E-state index in [0.717, 1.165) is 10.0 Å². The molecule has 30 heavy (non-hydrogen) atoms. The van der Waals surface area contributed by atoms with Crippen molar-refractivity contribution in [3.63, 3.8) is 0 Å². The number of ether oxygens (including phenoxy) is 1. The summed E-state index contributed by atoms with van der Waals surface area (Å²) in [6.07, 6.45) is 0.560. The molecule has 1 fully saturated rings. The fraction of sp³-hybridized carbons (Fsp3) is 0.300. The van der Waals surface area contributed by atoms with Crippen LogP contribution in [0.5, 0.6) is 0 Å². The van der Waals surface area contributed by atoms with Crippen LogP contribution in [0.1, 0.15) is 22.3 Å². The monoisotopic (exact) mass is 495 g/mol. The van der Waals surface area contributed by atoms with Gasteiger partial charge in [-0.3, -0.25) is 20.4 Å². The fourth-order valence-corrected chi connectivity index (χ4v) is 4.72. The summed E-state index contributed by atoms with van der Waals surface area (Å²) in [7, 11) is -3.53. The number of nitrogens with one attached hydrogen (secondary N) is 2. The van der Waals surface area contributed by atoms with Gasteiger partial charge in [-0.1, -0.05) is 34.1 Å². The maximum Gasteiger partial charge on any atom is 0.269 e. The van der Waals surface area contributed by atoms with Crippen molar-refractivity contribution in [2.24, 2.45) is 0 Å². The van der Waals surface area contributed by atoms with Gasteiger partial charge in [0.25, 0.3) is 5.91 Å². The molecule has 2 N–H and O–H groups in total. The second-order valence-corrected chi connectivity index (χ2v) is 9.53. The molecule has 8 nitrogen and oxygen atoms in total. The molecule has 10 heteroatoms. The Kier molecular flexibility index (Phi) is 7.59. The third-order valence-corrected chi connectivity index (χ3v) is 6.98. The molecular weight excluding hydrogens is 474 g/mol. The number of sulfonamides is 1. The number of aryl methyl sites for hydroxylation is 1. The Labute approximate surface area is 183 Å². The van der Waals surface area contributed by atoms with Gasteiger partial charge < -0.3 is 4.74 Å². The predicted octanol–water partition coefficient (Wildman–Crippen LogP) is 1.86. The molecule has 1 saturated heterocycles. The van der Waals surface area contributed by atoms with Crippen LogP contribution in [0.15, 0.2) is 57.9 Å². The number of halogens is 1. The SMILES string of the molecule is O=C(CCc1ccc(S(=O)(=O)N2CCOCC2)cc1)NNC(=O)c1cccc(Br)c1. The summed E-state index contributed by atoms with van der Waals surface area (Å²) in [6, 6.07) is 13.3. The van der Waals surface area contributed by atoms with Crippen molar-refractivity contribution in [2.45, 2.75) is 17.7 Å². The normalized spacial score (nSPS) is 14.8. The average molecular weight is 496 g/mol. The fourth-order valence-electron chi connectivity index (χ4n) is 2.91. The number of morpholine rings is 1. The summed E-state index contributed by atoms with van der Waals surface area (Å²) in [5.41, 5.74) is 6.00. The van der Waals surface area contributed by atoms with Crippen molar-refractivity contribution in [3.05, 3.63) is 64.1 Å². The molecule has 1 aliphatic heterocycles. The smallest absolute Gasteiger partial charge is 0.269 e. The second-order valence-electron chi connectivity index (χ2n) is 6.67. The quantitative estimate of drug-likeness (QED) is 0.595. The van der Waals surface area contributed by atoms with Gasteiger partial charge in [-0.25, -0.2) is 8.42 Å². The van der Waals surface area contributed by atoms with E-state index in [0.29, 0.717) is 38.3 Å². The van der Waals surface area contributed by atoms with E-state index in [2.05, 4.69) is 26.8 Å². The minimum atomic E-state index is -3.53. The third-order valence-electron chi connectivity index (χ3n) is 4.57. The van der Waals surface area contributed by atoms with Crippen LogP contribution >= 0.6 is 15.9 Å². The summed E-state index contributed by atoms with van der Waals surface area (Å²) in [6.45, 7) is 1.47. The standard InChI is InChI=1S/C20H22BrN3O5S/c21-17-3-1-2-16(14-17)20(26)23-22-19(25)9-6-15-4-7-18(8-5-15)30(27,28)24-10-12-29-13-11-24/h1-5,7-8,14H,6,9-13H2,(H,22,25)(H,23,26). The lowest BCUT2D eigenvalue weighted by molar-refractivity contribution is -0.121. The molecule has 2 aromatic carbocycles. The van der Waals surface area contributed by atoms with Crippen LogP contribution in [0.4, 0.5) is 0 Å². The van der Waals surface area contributed by atoms with Gasteiger partial charge in [0.1, 0.15) is 0 Å². The maximum absolute atomic E-state index is 12.6. The zero-order valence-corrected chi connectivity index (χ0v) is 18.5. The number of hydrogen-bond donors (Lipinski definition) is 2. The van der Waals surface area contributed by atoms with Gasteiger partial charge in [-0.15, -0.1) is 0 Å². The summed E-state index contributed by atoms with van der Waals surface area (Å²) in [5.74, 6) is -0.759. The van der Waals surface area contributed by atoms with Crippen LogP contribution in [0.3, 0.4) is 0 Å². The van der Waals surface area contributed by atoms with Gasteiger partial charge in [0, 0.05) is 29.5 Å². The van der Waals surface area contributed by atoms with E-state index in [-0.39, 0.29) is 17.2 Å². The molecule has 2 amide bonds. The minimum Gasteiger partial charge on any atom is -0.379 e. The van der Waals surface area contributed by atoms with Gasteiger partial charge >= 0.3 is 0 Å². The van der Waals surface area contributed by atoms with Crippen molar-refractivity contribution >= 4 is 37.8 Å². The first-order valence-corrected chi connectivity index (χ1v) is 11.6. The van der Waals surface area contributed by atoms with Gasteiger partial charge in [-0.2, -0.15) is 4.31 Å². The van der Waals surface area contributed by atoms with E-state index in [1.165, 1.54) is 4.31 Å². The molecule has 160 valence electrons. The molecule has 0 bridgehead atoms. The molecular formula is C20H22BrN3O5S. The number of hydrazine groups is 1. The van der Waals surface area contributed by atoms with Crippen LogP contribution < -0.4 is 10.9 Å².